The van der Waals surface area contributed by atoms with Crippen LogP contribution in [0.5, 0.6) is 5.75 Å². The van der Waals surface area contributed by atoms with Gasteiger partial charge in [-0.2, -0.15) is 0 Å². The topological polar surface area (TPSA) is 49.8 Å². The second kappa shape index (κ2) is 11.7. The van der Waals surface area contributed by atoms with Crippen molar-refractivity contribution in [1.29, 1.82) is 0 Å². The fourth-order valence-corrected chi connectivity index (χ4v) is 5.06. The molecule has 0 fully saturated rings. The van der Waals surface area contributed by atoms with Gasteiger partial charge in [-0.25, -0.2) is 0 Å². The van der Waals surface area contributed by atoms with Crippen LogP contribution >= 0.6 is 0 Å². The molecule has 3 aromatic carbocycles. The van der Waals surface area contributed by atoms with Gasteiger partial charge in [0.15, 0.2) is 0 Å². The molecule has 0 saturated carbocycles. The number of fused-ring (bicyclic) bond motifs is 1. The van der Waals surface area contributed by atoms with Crippen LogP contribution in [-0.4, -0.2) is 29.1 Å². The molecule has 1 unspecified atom stereocenters. The molecule has 0 aliphatic carbocycles. The van der Waals surface area contributed by atoms with Crippen LogP contribution in [0.3, 0.4) is 0 Å². The van der Waals surface area contributed by atoms with Crippen LogP contribution in [0.1, 0.15) is 72.6 Å². The van der Waals surface area contributed by atoms with E-state index in [-0.39, 0.29) is 5.92 Å². The Hall–Kier alpha value is -3.11. The Bertz CT molecular complexity index is 1200. The molecule has 0 saturated heterocycles. The first kappa shape index (κ1) is 27.5. The predicted octanol–water partition coefficient (Wildman–Crippen LogP) is 7.28. The summed E-state index contributed by atoms with van der Waals surface area (Å²) in [5.41, 5.74) is 7.12. The number of aryl methyl sites for hydroxylation is 3. The molecule has 1 aliphatic heterocycles. The Morgan fingerprint density at radius 3 is 2.42 bits per heavy atom. The monoisotopic (exact) mass is 487 g/mol. The molecule has 192 valence electrons. The smallest absolute Gasteiger partial charge is 0.310 e. The van der Waals surface area contributed by atoms with Gasteiger partial charge in [0.05, 0.1) is 5.41 Å². The molecule has 4 rings (SSSR count). The van der Waals surface area contributed by atoms with Gasteiger partial charge >= 0.3 is 5.97 Å². The molecule has 0 radical (unpaired) electrons. The van der Waals surface area contributed by atoms with E-state index in [1.165, 1.54) is 22.3 Å². The fraction of sp³-hybridized carbons (Fsp3) is 0.406. The van der Waals surface area contributed by atoms with Crippen molar-refractivity contribution in [3.05, 3.63) is 99.6 Å². The van der Waals surface area contributed by atoms with E-state index in [9.17, 15) is 9.90 Å². The first-order chi connectivity index (χ1) is 17.2. The van der Waals surface area contributed by atoms with Crippen molar-refractivity contribution in [2.75, 3.05) is 13.2 Å². The zero-order chi connectivity index (χ0) is 26.5. The van der Waals surface area contributed by atoms with E-state index in [1.54, 1.807) is 0 Å². The third-order valence-electron chi connectivity index (χ3n) is 7.14. The van der Waals surface area contributed by atoms with Crippen molar-refractivity contribution in [1.82, 2.24) is 4.90 Å². The summed E-state index contributed by atoms with van der Waals surface area (Å²) in [7, 11) is 0. The molecular formula is C32H41NO3. The minimum atomic E-state index is -0.956. The van der Waals surface area contributed by atoms with Crippen molar-refractivity contribution in [3.63, 3.8) is 0 Å². The number of ether oxygens (including phenoxy) is 1. The van der Waals surface area contributed by atoms with Crippen LogP contribution in [0.15, 0.2) is 60.7 Å². The largest absolute Gasteiger partial charge is 0.492 e. The Morgan fingerprint density at radius 1 is 1.00 bits per heavy atom. The number of carbonyl (C=O) groups is 1. The lowest BCUT2D eigenvalue weighted by atomic mass is 9.69. The molecule has 3 aromatic rings. The van der Waals surface area contributed by atoms with Gasteiger partial charge in [0.25, 0.3) is 0 Å². The van der Waals surface area contributed by atoms with Crippen LogP contribution in [0.2, 0.25) is 0 Å². The van der Waals surface area contributed by atoms with Crippen molar-refractivity contribution < 1.29 is 14.6 Å². The van der Waals surface area contributed by atoms with E-state index in [0.29, 0.717) is 6.61 Å². The number of carboxylic acids is 1. The lowest BCUT2D eigenvalue weighted by Crippen LogP contribution is -2.33. The molecule has 4 nitrogen and oxygen atoms in total. The average molecular weight is 488 g/mol. The van der Waals surface area contributed by atoms with Crippen molar-refractivity contribution in [2.24, 2.45) is 5.41 Å². The molecule has 0 aromatic heterocycles. The molecule has 1 N–H and O–H groups in total. The minimum Gasteiger partial charge on any atom is -0.492 e. The van der Waals surface area contributed by atoms with Crippen molar-refractivity contribution >= 4 is 5.97 Å². The van der Waals surface area contributed by atoms with Crippen LogP contribution in [-0.2, 0) is 17.9 Å². The lowest BCUT2D eigenvalue weighted by Gasteiger charge is -2.33. The van der Waals surface area contributed by atoms with Gasteiger partial charge in [-0.3, -0.25) is 9.69 Å². The first-order valence-electron chi connectivity index (χ1n) is 13.0. The second-order valence-electron chi connectivity index (χ2n) is 10.2. The number of para-hydroxylation sites is 1. The third-order valence-corrected chi connectivity index (χ3v) is 7.14. The first-order valence-corrected chi connectivity index (χ1v) is 13.0. The number of hydrogen-bond donors (Lipinski definition) is 1. The summed E-state index contributed by atoms with van der Waals surface area (Å²) in [6.45, 7) is 17.1. The van der Waals surface area contributed by atoms with Crippen molar-refractivity contribution in [2.45, 2.75) is 67.5 Å². The normalized spacial score (nSPS) is 14.5. The van der Waals surface area contributed by atoms with Crippen molar-refractivity contribution in [3.8, 4) is 5.75 Å². The predicted molar refractivity (Wildman–Crippen MR) is 148 cm³/mol. The summed E-state index contributed by atoms with van der Waals surface area (Å²) in [5.74, 6) is -0.0763. The Kier molecular flexibility index (Phi) is 8.97. The average Bonchev–Trinajstić information content (AvgIpc) is 3.05. The summed E-state index contributed by atoms with van der Waals surface area (Å²) < 4.78 is 5.95. The standard InChI is InChI=1S/C30H35NO3.C2H6/c1-20-10-13-26(22(3)16-20)28(30(4,5)29(32)33)23-12-11-21(2)25(17-23)19-31-14-15-34-27-9-7-6-8-24(27)18-31;1-2/h6-13,16-17,28H,14-15,18-19H2,1-5H3,(H,32,33);1-2H3. The number of carboxylic acid groups (broad SMARTS) is 1. The summed E-state index contributed by atoms with van der Waals surface area (Å²) in [5, 5.41) is 10.2. The maximum Gasteiger partial charge on any atom is 0.310 e. The summed E-state index contributed by atoms with van der Waals surface area (Å²) >= 11 is 0. The number of nitrogens with zero attached hydrogens (tertiary/aromatic N) is 1. The van der Waals surface area contributed by atoms with Gasteiger partial charge < -0.3 is 9.84 Å². The van der Waals surface area contributed by atoms with E-state index < -0.39 is 11.4 Å². The highest BCUT2D eigenvalue weighted by molar-refractivity contribution is 5.76. The number of aliphatic carboxylic acids is 1. The maximum atomic E-state index is 12.4. The number of hydrogen-bond acceptors (Lipinski definition) is 3. The zero-order valence-corrected chi connectivity index (χ0v) is 22.9. The highest BCUT2D eigenvalue weighted by Gasteiger charge is 2.39. The SMILES string of the molecule is CC.Cc1ccc(C(c2ccc(C)c(CN3CCOc4ccccc4C3)c2)C(C)(C)C(=O)O)c(C)c1. The van der Waals surface area contributed by atoms with Gasteiger partial charge in [-0.15, -0.1) is 0 Å². The molecule has 0 amide bonds. The van der Waals surface area contributed by atoms with Gasteiger partial charge in [-0.1, -0.05) is 74.0 Å². The zero-order valence-electron chi connectivity index (χ0n) is 22.9. The van der Waals surface area contributed by atoms with Gasteiger partial charge in [0, 0.05) is 31.1 Å². The van der Waals surface area contributed by atoms with E-state index >= 15 is 0 Å². The van der Waals surface area contributed by atoms with Gasteiger partial charge in [0.2, 0.25) is 0 Å². The van der Waals surface area contributed by atoms with E-state index in [0.717, 1.165) is 42.1 Å². The highest BCUT2D eigenvalue weighted by atomic mass is 16.5. The lowest BCUT2D eigenvalue weighted by molar-refractivity contribution is -0.147. The van der Waals surface area contributed by atoms with E-state index in [4.69, 9.17) is 4.74 Å². The maximum absolute atomic E-state index is 12.4. The van der Waals surface area contributed by atoms with Gasteiger partial charge in [0.1, 0.15) is 12.4 Å². The Morgan fingerprint density at radius 2 is 1.72 bits per heavy atom. The number of benzene rings is 3. The molecule has 36 heavy (non-hydrogen) atoms. The van der Waals surface area contributed by atoms with Crippen LogP contribution in [0.25, 0.3) is 0 Å². The molecule has 0 bridgehead atoms. The summed E-state index contributed by atoms with van der Waals surface area (Å²) in [6.07, 6.45) is 0. The Balaban J connectivity index is 0.00000176. The second-order valence-corrected chi connectivity index (χ2v) is 10.2. The molecule has 1 atom stereocenters. The number of rotatable bonds is 6. The Labute approximate surface area is 216 Å². The molecular weight excluding hydrogens is 446 g/mol. The summed E-state index contributed by atoms with van der Waals surface area (Å²) in [4.78, 5) is 14.8. The van der Waals surface area contributed by atoms with Crippen LogP contribution in [0, 0.1) is 26.2 Å². The third kappa shape index (κ3) is 5.99. The molecule has 4 heteroatoms. The minimum absolute atomic E-state index is 0.252. The van der Waals surface area contributed by atoms with Crippen LogP contribution in [0.4, 0.5) is 0 Å². The quantitative estimate of drug-likeness (QED) is 0.397. The molecule has 0 spiro atoms. The molecule has 1 heterocycles. The molecule has 1 aliphatic rings. The summed E-state index contributed by atoms with van der Waals surface area (Å²) in [6, 6.07) is 21.0. The highest BCUT2D eigenvalue weighted by Crippen LogP contribution is 2.43. The van der Waals surface area contributed by atoms with E-state index in [2.05, 4.69) is 74.2 Å². The fourth-order valence-electron chi connectivity index (χ4n) is 5.06. The van der Waals surface area contributed by atoms with E-state index in [1.807, 2.05) is 39.8 Å². The van der Waals surface area contributed by atoms with Crippen LogP contribution < -0.4 is 4.74 Å². The van der Waals surface area contributed by atoms with Gasteiger partial charge in [-0.05, 0) is 68.5 Å².